The fourth-order valence-corrected chi connectivity index (χ4v) is 2.44. The van der Waals surface area contributed by atoms with E-state index in [2.05, 4.69) is 0 Å². The normalized spacial score (nSPS) is 10.5. The van der Waals surface area contributed by atoms with Gasteiger partial charge < -0.3 is 21.7 Å². The fraction of sp³-hybridized carbons (Fsp3) is 0. The molecule has 4 heteroatoms. The molecule has 3 rings (SSSR count). The second-order valence-corrected chi connectivity index (χ2v) is 5.07. The molecule has 22 heavy (non-hydrogen) atoms. The van der Waals surface area contributed by atoms with Crippen LogP contribution in [0.4, 0.5) is 11.4 Å². The van der Waals surface area contributed by atoms with E-state index in [1.807, 2.05) is 24.3 Å². The van der Waals surface area contributed by atoms with E-state index in [0.717, 1.165) is 11.1 Å². The van der Waals surface area contributed by atoms with E-state index in [-0.39, 0.29) is 11.5 Å². The molecular weight excluding hydrogens is 276 g/mol. The number of nitrogen functional groups attached to an aromatic ring is 2. The van der Waals surface area contributed by atoms with Crippen molar-refractivity contribution in [3.05, 3.63) is 60.7 Å². The molecule has 0 atom stereocenters. The van der Waals surface area contributed by atoms with Crippen molar-refractivity contribution in [2.45, 2.75) is 0 Å². The van der Waals surface area contributed by atoms with Gasteiger partial charge in [0.15, 0.2) is 0 Å². The fourth-order valence-electron chi connectivity index (χ4n) is 2.44. The zero-order valence-corrected chi connectivity index (χ0v) is 11.8. The highest BCUT2D eigenvalue weighted by atomic mass is 16.3. The quantitative estimate of drug-likeness (QED) is 0.429. The molecule has 110 valence electrons. The number of phenolic OH excluding ortho intramolecular Hbond substituents is 2. The number of nitrogens with two attached hydrogens (primary N) is 2. The summed E-state index contributed by atoms with van der Waals surface area (Å²) in [4.78, 5) is 0. The first-order valence-corrected chi connectivity index (χ1v) is 6.83. The molecule has 3 aromatic carbocycles. The van der Waals surface area contributed by atoms with Gasteiger partial charge >= 0.3 is 0 Å². The molecule has 4 nitrogen and oxygen atoms in total. The highest BCUT2D eigenvalue weighted by molar-refractivity contribution is 5.83. The van der Waals surface area contributed by atoms with Crippen molar-refractivity contribution in [1.29, 1.82) is 0 Å². The van der Waals surface area contributed by atoms with Crippen LogP contribution in [0.5, 0.6) is 11.5 Å². The Morgan fingerprint density at radius 2 is 1.00 bits per heavy atom. The lowest BCUT2D eigenvalue weighted by molar-refractivity contribution is 0.480. The van der Waals surface area contributed by atoms with Crippen molar-refractivity contribution in [2.75, 3.05) is 11.5 Å². The summed E-state index contributed by atoms with van der Waals surface area (Å²) in [6.45, 7) is 0. The van der Waals surface area contributed by atoms with Gasteiger partial charge in [0.05, 0.1) is 11.4 Å². The van der Waals surface area contributed by atoms with Gasteiger partial charge in [-0.25, -0.2) is 0 Å². The van der Waals surface area contributed by atoms with Crippen molar-refractivity contribution in [3.63, 3.8) is 0 Å². The minimum atomic E-state index is 0.0523. The number of hydrogen-bond acceptors (Lipinski definition) is 4. The van der Waals surface area contributed by atoms with Crippen LogP contribution in [0.3, 0.4) is 0 Å². The van der Waals surface area contributed by atoms with Gasteiger partial charge in [0.25, 0.3) is 0 Å². The number of para-hydroxylation sites is 2. The van der Waals surface area contributed by atoms with Crippen LogP contribution >= 0.6 is 0 Å². The van der Waals surface area contributed by atoms with Crippen LogP contribution in [0, 0.1) is 0 Å². The number of anilines is 2. The highest BCUT2D eigenvalue weighted by Gasteiger charge is 2.10. The summed E-state index contributed by atoms with van der Waals surface area (Å²) in [6, 6.07) is 17.9. The average Bonchev–Trinajstić information content (AvgIpc) is 2.53. The maximum Gasteiger partial charge on any atom is 0.146 e. The van der Waals surface area contributed by atoms with Crippen molar-refractivity contribution >= 4 is 11.4 Å². The third kappa shape index (κ3) is 2.31. The second-order valence-electron chi connectivity index (χ2n) is 5.07. The van der Waals surface area contributed by atoms with E-state index in [0.29, 0.717) is 22.5 Å². The number of rotatable bonds is 2. The monoisotopic (exact) mass is 292 g/mol. The minimum absolute atomic E-state index is 0.0523. The molecule has 0 unspecified atom stereocenters. The lowest BCUT2D eigenvalue weighted by atomic mass is 9.97. The van der Waals surface area contributed by atoms with Crippen molar-refractivity contribution in [3.8, 4) is 33.8 Å². The summed E-state index contributed by atoms with van der Waals surface area (Å²) >= 11 is 0. The third-order valence-electron chi connectivity index (χ3n) is 3.62. The Balaban J connectivity index is 2.14. The van der Waals surface area contributed by atoms with Gasteiger partial charge in [-0.1, -0.05) is 42.5 Å². The third-order valence-corrected chi connectivity index (χ3v) is 3.62. The topological polar surface area (TPSA) is 92.5 Å². The summed E-state index contributed by atoms with van der Waals surface area (Å²) in [5, 5.41) is 20.2. The number of hydrogen-bond donors (Lipinski definition) is 4. The Hall–Kier alpha value is -3.14. The Bertz CT molecular complexity index is 777. The summed E-state index contributed by atoms with van der Waals surface area (Å²) in [6.07, 6.45) is 0. The van der Waals surface area contributed by atoms with E-state index in [1.165, 1.54) is 0 Å². The highest BCUT2D eigenvalue weighted by Crippen LogP contribution is 2.38. The van der Waals surface area contributed by atoms with E-state index in [9.17, 15) is 10.2 Å². The van der Waals surface area contributed by atoms with Crippen molar-refractivity contribution in [2.24, 2.45) is 0 Å². The predicted octanol–water partition coefficient (Wildman–Crippen LogP) is 3.60. The maximum absolute atomic E-state index is 10.1. The molecule has 0 saturated heterocycles. The number of benzene rings is 3. The Morgan fingerprint density at radius 3 is 1.45 bits per heavy atom. The molecule has 0 spiro atoms. The molecule has 0 saturated carbocycles. The molecule has 0 heterocycles. The number of phenols is 2. The molecule has 0 aromatic heterocycles. The minimum Gasteiger partial charge on any atom is -0.505 e. The van der Waals surface area contributed by atoms with E-state index < -0.39 is 0 Å². The molecule has 0 radical (unpaired) electrons. The van der Waals surface area contributed by atoms with Crippen LogP contribution in [0.25, 0.3) is 22.3 Å². The molecule has 0 bridgehead atoms. The Morgan fingerprint density at radius 1 is 0.591 bits per heavy atom. The summed E-state index contributed by atoms with van der Waals surface area (Å²) in [5.41, 5.74) is 15.1. The zero-order valence-electron chi connectivity index (χ0n) is 11.8. The van der Waals surface area contributed by atoms with Crippen LogP contribution in [-0.4, -0.2) is 10.2 Å². The molecule has 0 aliphatic heterocycles. The molecule has 0 amide bonds. The Kier molecular flexibility index (Phi) is 3.35. The SMILES string of the molecule is Nc1cccc(-c2cccc(-c3cccc(N)c3O)c2)c1O. The van der Waals surface area contributed by atoms with Crippen molar-refractivity contribution < 1.29 is 10.2 Å². The van der Waals surface area contributed by atoms with Gasteiger partial charge in [0.2, 0.25) is 0 Å². The Labute approximate surface area is 128 Å². The first-order valence-electron chi connectivity index (χ1n) is 6.83. The van der Waals surface area contributed by atoms with Gasteiger partial charge in [-0.3, -0.25) is 0 Å². The largest absolute Gasteiger partial charge is 0.505 e. The number of aromatic hydroxyl groups is 2. The van der Waals surface area contributed by atoms with Crippen LogP contribution in [-0.2, 0) is 0 Å². The average molecular weight is 292 g/mol. The first-order chi connectivity index (χ1) is 10.6. The molecule has 0 aliphatic rings. The van der Waals surface area contributed by atoms with Gasteiger partial charge in [0, 0.05) is 11.1 Å². The summed E-state index contributed by atoms with van der Waals surface area (Å²) in [7, 11) is 0. The van der Waals surface area contributed by atoms with E-state index >= 15 is 0 Å². The summed E-state index contributed by atoms with van der Waals surface area (Å²) < 4.78 is 0. The van der Waals surface area contributed by atoms with Gasteiger partial charge in [-0.2, -0.15) is 0 Å². The summed E-state index contributed by atoms with van der Waals surface area (Å²) in [5.74, 6) is 0.105. The first kappa shape index (κ1) is 13.8. The second kappa shape index (κ2) is 5.33. The van der Waals surface area contributed by atoms with Gasteiger partial charge in [-0.15, -0.1) is 0 Å². The zero-order chi connectivity index (χ0) is 15.7. The van der Waals surface area contributed by atoms with Gasteiger partial charge in [-0.05, 0) is 29.3 Å². The van der Waals surface area contributed by atoms with Crippen LogP contribution in [0.1, 0.15) is 0 Å². The van der Waals surface area contributed by atoms with Gasteiger partial charge in [0.1, 0.15) is 11.5 Å². The van der Waals surface area contributed by atoms with Crippen LogP contribution < -0.4 is 11.5 Å². The molecular formula is C18H16N2O2. The molecule has 6 N–H and O–H groups in total. The van der Waals surface area contributed by atoms with E-state index in [1.54, 1.807) is 36.4 Å². The molecule has 0 aliphatic carbocycles. The van der Waals surface area contributed by atoms with Crippen LogP contribution in [0.2, 0.25) is 0 Å². The predicted molar refractivity (Wildman–Crippen MR) is 89.5 cm³/mol. The smallest absolute Gasteiger partial charge is 0.146 e. The lowest BCUT2D eigenvalue weighted by Gasteiger charge is -2.11. The standard InChI is InChI=1S/C18H16N2O2/c19-15-8-2-6-13(17(15)21)11-4-1-5-12(10-11)14-7-3-9-16(20)18(14)22/h1-10,21-22H,19-20H2. The molecule has 3 aromatic rings. The maximum atomic E-state index is 10.1. The van der Waals surface area contributed by atoms with E-state index in [4.69, 9.17) is 11.5 Å². The lowest BCUT2D eigenvalue weighted by Crippen LogP contribution is -1.89. The van der Waals surface area contributed by atoms with Crippen LogP contribution in [0.15, 0.2) is 60.7 Å². The molecule has 0 fully saturated rings. The van der Waals surface area contributed by atoms with Crippen molar-refractivity contribution in [1.82, 2.24) is 0 Å².